The Morgan fingerprint density at radius 2 is 1.81 bits per heavy atom. The minimum absolute atomic E-state index is 0.0904. The number of carbonyl (C=O) groups is 2. The zero-order valence-electron chi connectivity index (χ0n) is 17.0. The van der Waals surface area contributed by atoms with Gasteiger partial charge < -0.3 is 15.0 Å². The number of aromatic nitrogens is 1. The molecular weight excluding hydrogens is 397 g/mol. The summed E-state index contributed by atoms with van der Waals surface area (Å²) in [6, 6.07) is 16.4. The van der Waals surface area contributed by atoms with Crippen LogP contribution in [0.15, 0.2) is 66.9 Å². The fourth-order valence-corrected chi connectivity index (χ4v) is 3.67. The summed E-state index contributed by atoms with van der Waals surface area (Å²) in [4.78, 5) is 31.7. The molecule has 1 atom stereocenters. The highest BCUT2D eigenvalue weighted by Gasteiger charge is 2.38. The Hall–Kier alpha value is -3.74. The lowest BCUT2D eigenvalue weighted by atomic mass is 10.1. The summed E-state index contributed by atoms with van der Waals surface area (Å²) in [5.74, 6) is 0.0474. The van der Waals surface area contributed by atoms with Gasteiger partial charge in [0.25, 0.3) is 5.91 Å². The van der Waals surface area contributed by atoms with Gasteiger partial charge in [0, 0.05) is 19.3 Å². The van der Waals surface area contributed by atoms with Gasteiger partial charge in [0.1, 0.15) is 11.6 Å². The number of carbonyl (C=O) groups excluding carboxylic acids is 2. The van der Waals surface area contributed by atoms with Crippen LogP contribution in [-0.2, 0) is 17.9 Å². The average Bonchev–Trinajstić information content (AvgIpc) is 3.05. The van der Waals surface area contributed by atoms with E-state index in [4.69, 9.17) is 4.74 Å². The second-order valence-corrected chi connectivity index (χ2v) is 7.34. The van der Waals surface area contributed by atoms with Gasteiger partial charge in [-0.05, 0) is 47.5 Å². The molecule has 0 aliphatic carbocycles. The molecule has 1 aliphatic rings. The second kappa shape index (κ2) is 8.95. The summed E-state index contributed by atoms with van der Waals surface area (Å²) in [5.41, 5.74) is 2.82. The molecule has 7 heteroatoms. The van der Waals surface area contributed by atoms with Crippen molar-refractivity contribution in [2.75, 3.05) is 7.11 Å². The zero-order valence-corrected chi connectivity index (χ0v) is 17.0. The van der Waals surface area contributed by atoms with Gasteiger partial charge in [-0.25, -0.2) is 4.39 Å². The lowest BCUT2D eigenvalue weighted by Crippen LogP contribution is -2.32. The third kappa shape index (κ3) is 4.55. The van der Waals surface area contributed by atoms with Crippen LogP contribution in [0.4, 0.5) is 4.39 Å². The van der Waals surface area contributed by atoms with Crippen molar-refractivity contribution in [3.8, 4) is 5.75 Å². The van der Waals surface area contributed by atoms with Gasteiger partial charge in [-0.2, -0.15) is 0 Å². The van der Waals surface area contributed by atoms with Gasteiger partial charge in [0.15, 0.2) is 0 Å². The van der Waals surface area contributed by atoms with Crippen molar-refractivity contribution >= 4 is 11.8 Å². The first-order valence-electron chi connectivity index (χ1n) is 9.95. The number of rotatable bonds is 7. The second-order valence-electron chi connectivity index (χ2n) is 7.34. The largest absolute Gasteiger partial charge is 0.497 e. The highest BCUT2D eigenvalue weighted by atomic mass is 19.1. The number of benzene rings is 2. The van der Waals surface area contributed by atoms with E-state index < -0.39 is 6.04 Å². The van der Waals surface area contributed by atoms with E-state index in [0.717, 1.165) is 16.9 Å². The van der Waals surface area contributed by atoms with Gasteiger partial charge in [-0.1, -0.05) is 24.3 Å². The number of pyridine rings is 1. The van der Waals surface area contributed by atoms with E-state index in [9.17, 15) is 14.0 Å². The fourth-order valence-electron chi connectivity index (χ4n) is 3.67. The van der Waals surface area contributed by atoms with Crippen LogP contribution in [0.25, 0.3) is 0 Å². The third-order valence-corrected chi connectivity index (χ3v) is 5.32. The van der Waals surface area contributed by atoms with Crippen LogP contribution < -0.4 is 10.1 Å². The molecule has 6 nitrogen and oxygen atoms in total. The predicted octanol–water partition coefficient (Wildman–Crippen LogP) is 3.63. The standard InChI is InChI=1S/C24H22FN3O3/c1-31-19-10-6-16(7-11-19)14-27-22(29)13-21-23-20(3-2-12-26-23)24(30)28(21)15-17-4-8-18(25)9-5-17/h2-12,21H,13-15H2,1H3,(H,27,29)/t21-/m0/s1. The number of hydrogen-bond acceptors (Lipinski definition) is 4. The van der Waals surface area contributed by atoms with Crippen molar-refractivity contribution in [2.24, 2.45) is 0 Å². The van der Waals surface area contributed by atoms with Crippen LogP contribution in [0.3, 0.4) is 0 Å². The SMILES string of the molecule is COc1ccc(CNC(=O)C[C@H]2c3ncccc3C(=O)N2Cc2ccc(F)cc2)cc1. The molecule has 0 spiro atoms. The van der Waals surface area contributed by atoms with Crippen LogP contribution in [0.2, 0.25) is 0 Å². The normalized spacial score (nSPS) is 15.0. The highest BCUT2D eigenvalue weighted by molar-refractivity contribution is 5.99. The topological polar surface area (TPSA) is 71.5 Å². The van der Waals surface area contributed by atoms with E-state index in [0.29, 0.717) is 17.8 Å². The molecule has 0 saturated carbocycles. The van der Waals surface area contributed by atoms with E-state index in [2.05, 4.69) is 10.3 Å². The maximum Gasteiger partial charge on any atom is 0.256 e. The lowest BCUT2D eigenvalue weighted by Gasteiger charge is -2.24. The Kier molecular flexibility index (Phi) is 5.93. The number of amides is 2. The number of nitrogens with zero attached hydrogens (tertiary/aromatic N) is 2. The van der Waals surface area contributed by atoms with Crippen molar-refractivity contribution < 1.29 is 18.7 Å². The fraction of sp³-hybridized carbons (Fsp3) is 0.208. The van der Waals surface area contributed by atoms with Crippen LogP contribution in [0.1, 0.15) is 39.6 Å². The molecule has 31 heavy (non-hydrogen) atoms. The molecule has 1 aliphatic heterocycles. The first-order valence-corrected chi connectivity index (χ1v) is 9.95. The zero-order chi connectivity index (χ0) is 21.8. The molecule has 2 amide bonds. The van der Waals surface area contributed by atoms with E-state index in [1.54, 1.807) is 42.5 Å². The van der Waals surface area contributed by atoms with Gasteiger partial charge in [0.05, 0.1) is 30.8 Å². The number of ether oxygens (including phenoxy) is 1. The smallest absolute Gasteiger partial charge is 0.256 e. The number of methoxy groups -OCH3 is 1. The molecule has 4 rings (SSSR count). The summed E-state index contributed by atoms with van der Waals surface area (Å²) < 4.78 is 18.4. The van der Waals surface area contributed by atoms with Gasteiger partial charge in [-0.3, -0.25) is 14.6 Å². The van der Waals surface area contributed by atoms with E-state index >= 15 is 0 Å². The molecule has 0 bridgehead atoms. The first kappa shape index (κ1) is 20.5. The van der Waals surface area contributed by atoms with Crippen molar-refractivity contribution in [2.45, 2.75) is 25.6 Å². The monoisotopic (exact) mass is 419 g/mol. The number of nitrogens with one attached hydrogen (secondary N) is 1. The molecule has 3 aromatic rings. The predicted molar refractivity (Wildman–Crippen MR) is 113 cm³/mol. The van der Waals surface area contributed by atoms with Crippen molar-refractivity contribution in [1.29, 1.82) is 0 Å². The summed E-state index contributed by atoms with van der Waals surface area (Å²) in [6.07, 6.45) is 1.71. The number of fused-ring (bicyclic) bond motifs is 1. The number of hydrogen-bond donors (Lipinski definition) is 1. The quantitative estimate of drug-likeness (QED) is 0.635. The summed E-state index contributed by atoms with van der Waals surface area (Å²) >= 11 is 0. The molecule has 0 unspecified atom stereocenters. The maximum atomic E-state index is 13.3. The Labute approximate surface area is 179 Å². The van der Waals surface area contributed by atoms with Crippen LogP contribution in [0.5, 0.6) is 5.75 Å². The number of halogens is 1. The third-order valence-electron chi connectivity index (χ3n) is 5.32. The molecule has 0 radical (unpaired) electrons. The van der Waals surface area contributed by atoms with Crippen molar-refractivity contribution in [3.63, 3.8) is 0 Å². The van der Waals surface area contributed by atoms with Gasteiger partial charge in [-0.15, -0.1) is 0 Å². The highest BCUT2D eigenvalue weighted by Crippen LogP contribution is 2.35. The molecule has 1 N–H and O–H groups in total. The van der Waals surface area contributed by atoms with Crippen LogP contribution in [-0.4, -0.2) is 28.8 Å². The van der Waals surface area contributed by atoms with Crippen molar-refractivity contribution in [3.05, 3.63) is 95.1 Å². The van der Waals surface area contributed by atoms with E-state index in [-0.39, 0.29) is 30.6 Å². The molecule has 2 heterocycles. The van der Waals surface area contributed by atoms with E-state index in [1.807, 2.05) is 24.3 Å². The van der Waals surface area contributed by atoms with E-state index in [1.165, 1.54) is 12.1 Å². The van der Waals surface area contributed by atoms with Gasteiger partial charge in [0.2, 0.25) is 5.91 Å². The summed E-state index contributed by atoms with van der Waals surface area (Å²) in [6.45, 7) is 0.641. The van der Waals surface area contributed by atoms with Crippen LogP contribution >= 0.6 is 0 Å². The minimum Gasteiger partial charge on any atom is -0.497 e. The lowest BCUT2D eigenvalue weighted by molar-refractivity contribution is -0.122. The molecule has 1 aromatic heterocycles. The Bertz CT molecular complexity index is 1080. The Balaban J connectivity index is 1.48. The molecule has 158 valence electrons. The Morgan fingerprint density at radius 1 is 1.10 bits per heavy atom. The Morgan fingerprint density at radius 3 is 2.52 bits per heavy atom. The molecular formula is C24H22FN3O3. The maximum absolute atomic E-state index is 13.3. The summed E-state index contributed by atoms with van der Waals surface area (Å²) in [5, 5.41) is 2.91. The summed E-state index contributed by atoms with van der Waals surface area (Å²) in [7, 11) is 1.60. The average molecular weight is 419 g/mol. The van der Waals surface area contributed by atoms with Crippen LogP contribution in [0, 0.1) is 5.82 Å². The van der Waals surface area contributed by atoms with Gasteiger partial charge >= 0.3 is 0 Å². The molecule has 0 fully saturated rings. The van der Waals surface area contributed by atoms with Crippen molar-refractivity contribution in [1.82, 2.24) is 15.2 Å². The molecule has 2 aromatic carbocycles. The first-order chi connectivity index (χ1) is 15.0. The molecule has 0 saturated heterocycles. The minimum atomic E-state index is -0.482.